The Morgan fingerprint density at radius 2 is 1.87 bits per heavy atom. The van der Waals surface area contributed by atoms with Gasteiger partial charge in [0.2, 0.25) is 0 Å². The number of fused-ring (bicyclic) bond motifs is 5. The van der Waals surface area contributed by atoms with Gasteiger partial charge < -0.3 is 10.8 Å². The van der Waals surface area contributed by atoms with E-state index in [4.69, 9.17) is 5.73 Å². The van der Waals surface area contributed by atoms with Crippen LogP contribution < -0.4 is 5.73 Å². The van der Waals surface area contributed by atoms with Gasteiger partial charge in [0.05, 0.1) is 6.10 Å². The van der Waals surface area contributed by atoms with Crippen LogP contribution in [0, 0.1) is 29.6 Å². The van der Waals surface area contributed by atoms with Crippen LogP contribution in [0.25, 0.3) is 0 Å². The van der Waals surface area contributed by atoms with Crippen molar-refractivity contribution in [1.82, 2.24) is 0 Å². The second kappa shape index (κ2) is 3.29. The third kappa shape index (κ3) is 1.22. The number of aliphatic hydroxyl groups is 1. The highest BCUT2D eigenvalue weighted by molar-refractivity contribution is 7.17. The van der Waals surface area contributed by atoms with Crippen molar-refractivity contribution < 1.29 is 5.11 Å². The molecule has 3 aliphatic carbocycles. The number of allylic oxidation sites excluding steroid dienone is 2. The molecule has 0 aromatic heterocycles. The lowest BCUT2D eigenvalue weighted by atomic mass is 9.64. The van der Waals surface area contributed by atoms with E-state index in [0.717, 1.165) is 5.92 Å². The van der Waals surface area contributed by atoms with Gasteiger partial charge in [-0.1, -0.05) is 19.1 Å². The van der Waals surface area contributed by atoms with Crippen molar-refractivity contribution in [1.29, 1.82) is 0 Å². The fraction of sp³-hybridized carbons (Fsp3) is 0.833. The highest BCUT2D eigenvalue weighted by Gasteiger charge is 2.55. The molecule has 3 rings (SSSR count). The molecule has 2 bridgehead atoms. The summed E-state index contributed by atoms with van der Waals surface area (Å²) >= 11 is 0. The van der Waals surface area contributed by atoms with Crippen LogP contribution in [0.5, 0.6) is 0 Å². The number of hydrogen-bond acceptors (Lipinski definition) is 2. The predicted molar refractivity (Wildman–Crippen MR) is 64.4 cm³/mol. The van der Waals surface area contributed by atoms with Crippen molar-refractivity contribution in [2.24, 2.45) is 35.3 Å². The predicted octanol–water partition coefficient (Wildman–Crippen LogP) is 1.01. The normalized spacial score (nSPS) is 62.1. The van der Waals surface area contributed by atoms with E-state index < -0.39 is 0 Å². The zero-order valence-corrected chi connectivity index (χ0v) is 10.2. The van der Waals surface area contributed by atoms with E-state index in [0.29, 0.717) is 23.7 Å². The maximum Gasteiger partial charge on any atom is 0.0759 e. The summed E-state index contributed by atoms with van der Waals surface area (Å²) < 4.78 is 0. The molecule has 0 aromatic carbocycles. The topological polar surface area (TPSA) is 46.2 Å². The Morgan fingerprint density at radius 3 is 2.53 bits per heavy atom. The molecule has 9 atom stereocenters. The van der Waals surface area contributed by atoms with Crippen LogP contribution >= 0.6 is 9.24 Å². The van der Waals surface area contributed by atoms with Crippen LogP contribution in [0.3, 0.4) is 0 Å². The van der Waals surface area contributed by atoms with E-state index in [1.165, 1.54) is 6.42 Å². The van der Waals surface area contributed by atoms with Gasteiger partial charge in [0.15, 0.2) is 0 Å². The van der Waals surface area contributed by atoms with Crippen LogP contribution in [0.4, 0.5) is 0 Å². The summed E-state index contributed by atoms with van der Waals surface area (Å²) in [6, 6.07) is -0.0198. The molecule has 2 saturated carbocycles. The molecular formula is C12H20NOP. The second-order valence-electron chi connectivity index (χ2n) is 5.61. The molecule has 84 valence electrons. The Labute approximate surface area is 93.5 Å². The van der Waals surface area contributed by atoms with Crippen LogP contribution in [0.2, 0.25) is 0 Å². The lowest BCUT2D eigenvalue weighted by Crippen LogP contribution is -2.57. The van der Waals surface area contributed by atoms with E-state index >= 15 is 0 Å². The van der Waals surface area contributed by atoms with Crippen molar-refractivity contribution in [2.75, 3.05) is 0 Å². The molecule has 3 aliphatic rings. The summed E-state index contributed by atoms with van der Waals surface area (Å²) in [5.41, 5.74) is 6.48. The second-order valence-corrected chi connectivity index (χ2v) is 6.38. The van der Waals surface area contributed by atoms with Crippen molar-refractivity contribution in [2.45, 2.75) is 31.1 Å². The quantitative estimate of drug-likeness (QED) is 0.477. The molecule has 9 unspecified atom stereocenters. The highest BCUT2D eigenvalue weighted by atomic mass is 31.0. The highest BCUT2D eigenvalue weighted by Crippen LogP contribution is 2.56. The summed E-state index contributed by atoms with van der Waals surface area (Å²) in [6.45, 7) is 2.28. The SMILES string of the molecule is CC1C(P)C(O)C(N)C2C3C=CC(C3)C12. The Hall–Kier alpha value is 0.0900. The summed E-state index contributed by atoms with van der Waals surface area (Å²) in [6.07, 6.45) is 5.65. The zero-order valence-electron chi connectivity index (χ0n) is 9.08. The van der Waals surface area contributed by atoms with Crippen LogP contribution in [0.1, 0.15) is 13.3 Å². The summed E-state index contributed by atoms with van der Waals surface area (Å²) in [4.78, 5) is 0. The maximum atomic E-state index is 10.1. The molecule has 0 radical (unpaired) electrons. The lowest BCUT2D eigenvalue weighted by Gasteiger charge is -2.47. The third-order valence-electron chi connectivity index (χ3n) is 5.03. The monoisotopic (exact) mass is 225 g/mol. The molecule has 15 heavy (non-hydrogen) atoms. The lowest BCUT2D eigenvalue weighted by molar-refractivity contribution is 0.0141. The molecule has 3 heteroatoms. The zero-order chi connectivity index (χ0) is 10.7. The molecule has 0 aliphatic heterocycles. The van der Waals surface area contributed by atoms with Gasteiger partial charge in [-0.2, -0.15) is 0 Å². The largest absolute Gasteiger partial charge is 0.391 e. The number of nitrogens with two attached hydrogens (primary N) is 1. The van der Waals surface area contributed by atoms with Crippen molar-refractivity contribution in [3.05, 3.63) is 12.2 Å². The molecule has 3 N–H and O–H groups in total. The summed E-state index contributed by atoms with van der Waals surface area (Å²) in [5, 5.41) is 10.1. The van der Waals surface area contributed by atoms with Gasteiger partial charge in [-0.05, 0) is 36.0 Å². The summed E-state index contributed by atoms with van der Waals surface area (Å²) in [7, 11) is 2.80. The minimum absolute atomic E-state index is 0.0198. The first-order valence-corrected chi connectivity index (χ1v) is 6.65. The Kier molecular flexibility index (Phi) is 2.25. The minimum Gasteiger partial charge on any atom is -0.391 e. The minimum atomic E-state index is -0.334. The standard InChI is InChI=1S/C12H20NOP/c1-5-8-6-2-3-7(4-6)9(8)10(13)11(14)12(5)15/h2-3,5-12,14H,4,13,15H2,1H3. The van der Waals surface area contributed by atoms with Crippen LogP contribution in [-0.2, 0) is 0 Å². The fourth-order valence-corrected chi connectivity index (χ4v) is 4.75. The first-order chi connectivity index (χ1) is 7.11. The molecule has 0 amide bonds. The molecule has 0 saturated heterocycles. The van der Waals surface area contributed by atoms with Gasteiger partial charge in [0.25, 0.3) is 0 Å². The van der Waals surface area contributed by atoms with Crippen LogP contribution in [0.15, 0.2) is 12.2 Å². The first-order valence-electron chi connectivity index (χ1n) is 5.99. The number of hydrogen-bond donors (Lipinski definition) is 2. The van der Waals surface area contributed by atoms with Gasteiger partial charge >= 0.3 is 0 Å². The summed E-state index contributed by atoms with van der Waals surface area (Å²) in [5.74, 6) is 3.19. The maximum absolute atomic E-state index is 10.1. The molecule has 0 spiro atoms. The van der Waals surface area contributed by atoms with Gasteiger partial charge in [-0.3, -0.25) is 0 Å². The Morgan fingerprint density at radius 1 is 1.27 bits per heavy atom. The number of rotatable bonds is 0. The molecule has 2 nitrogen and oxygen atoms in total. The molecule has 0 heterocycles. The molecule has 0 aromatic rings. The van der Waals surface area contributed by atoms with E-state index in [1.54, 1.807) is 0 Å². The Balaban J connectivity index is 1.96. The van der Waals surface area contributed by atoms with E-state index in [-0.39, 0.29) is 17.8 Å². The number of aliphatic hydroxyl groups excluding tert-OH is 1. The van der Waals surface area contributed by atoms with Gasteiger partial charge in [-0.15, -0.1) is 9.24 Å². The molecule has 2 fully saturated rings. The Bertz CT molecular complexity index is 278. The van der Waals surface area contributed by atoms with E-state index in [2.05, 4.69) is 28.3 Å². The third-order valence-corrected chi connectivity index (χ3v) is 6.03. The van der Waals surface area contributed by atoms with E-state index in [1.807, 2.05) is 0 Å². The van der Waals surface area contributed by atoms with Crippen molar-refractivity contribution >= 4 is 9.24 Å². The fourth-order valence-electron chi connectivity index (χ4n) is 4.23. The van der Waals surface area contributed by atoms with Gasteiger partial charge in [0, 0.05) is 11.7 Å². The average Bonchev–Trinajstić information content (AvgIpc) is 2.82. The van der Waals surface area contributed by atoms with Crippen molar-refractivity contribution in [3.8, 4) is 0 Å². The van der Waals surface area contributed by atoms with Gasteiger partial charge in [-0.25, -0.2) is 0 Å². The van der Waals surface area contributed by atoms with Crippen LogP contribution in [-0.4, -0.2) is 22.9 Å². The molecular weight excluding hydrogens is 205 g/mol. The van der Waals surface area contributed by atoms with Crippen molar-refractivity contribution in [3.63, 3.8) is 0 Å². The average molecular weight is 225 g/mol. The van der Waals surface area contributed by atoms with E-state index in [9.17, 15) is 5.11 Å². The first kappa shape index (κ1) is 10.3. The smallest absolute Gasteiger partial charge is 0.0759 e. The van der Waals surface area contributed by atoms with Gasteiger partial charge in [0.1, 0.15) is 0 Å².